The molecule has 1 N–H and O–H groups in total. The molecular formula is C39H38N3O2+. The van der Waals surface area contributed by atoms with E-state index in [9.17, 15) is 4.79 Å². The molecule has 1 aromatic heterocycles. The molecule has 3 atom stereocenters. The Labute approximate surface area is 257 Å². The van der Waals surface area contributed by atoms with Gasteiger partial charge in [0.1, 0.15) is 29.4 Å². The maximum absolute atomic E-state index is 13.5. The molecule has 1 aliphatic carbocycles. The van der Waals surface area contributed by atoms with Crippen molar-refractivity contribution in [2.45, 2.75) is 58.1 Å². The van der Waals surface area contributed by atoms with E-state index in [2.05, 4.69) is 86.2 Å². The fraction of sp³-hybridized carbons (Fsp3) is 0.308. The van der Waals surface area contributed by atoms with Crippen molar-refractivity contribution in [3.63, 3.8) is 0 Å². The average molecular weight is 581 g/mol. The summed E-state index contributed by atoms with van der Waals surface area (Å²) in [5.41, 5.74) is 6.71. The number of benzene rings is 5. The summed E-state index contributed by atoms with van der Waals surface area (Å²) in [7, 11) is 2.11. The zero-order chi connectivity index (χ0) is 30.2. The Kier molecular flexibility index (Phi) is 6.16. The Morgan fingerprint density at radius 2 is 1.70 bits per heavy atom. The third kappa shape index (κ3) is 4.16. The van der Waals surface area contributed by atoms with Crippen molar-refractivity contribution in [2.75, 3.05) is 0 Å². The Morgan fingerprint density at radius 3 is 2.55 bits per heavy atom. The summed E-state index contributed by atoms with van der Waals surface area (Å²) in [4.78, 5) is 18.8. The van der Waals surface area contributed by atoms with Gasteiger partial charge in [0, 0.05) is 35.0 Å². The van der Waals surface area contributed by atoms with Gasteiger partial charge in [-0.05, 0) is 73.1 Å². The molecule has 5 nitrogen and oxygen atoms in total. The van der Waals surface area contributed by atoms with E-state index in [1.54, 1.807) is 0 Å². The first-order valence-corrected chi connectivity index (χ1v) is 15.9. The number of aryl methyl sites for hydroxylation is 1. The van der Waals surface area contributed by atoms with Crippen LogP contribution >= 0.6 is 0 Å². The quantitative estimate of drug-likeness (QED) is 0.131. The van der Waals surface area contributed by atoms with Crippen LogP contribution in [0.15, 0.2) is 84.9 Å². The van der Waals surface area contributed by atoms with E-state index in [0.717, 1.165) is 56.0 Å². The second-order valence-electron chi connectivity index (χ2n) is 13.5. The summed E-state index contributed by atoms with van der Waals surface area (Å²) in [6.45, 7) is 7.39. The first-order chi connectivity index (χ1) is 21.3. The Hall–Kier alpha value is -4.51. The molecule has 0 bridgehead atoms. The van der Waals surface area contributed by atoms with E-state index in [0.29, 0.717) is 29.9 Å². The molecule has 0 spiro atoms. The monoisotopic (exact) mass is 580 g/mol. The third-order valence-corrected chi connectivity index (χ3v) is 10.4. The predicted molar refractivity (Wildman–Crippen MR) is 177 cm³/mol. The first kappa shape index (κ1) is 27.1. The molecule has 0 saturated heterocycles. The van der Waals surface area contributed by atoms with Gasteiger partial charge in [0.2, 0.25) is 11.0 Å². The molecule has 3 unspecified atom stereocenters. The summed E-state index contributed by atoms with van der Waals surface area (Å²) in [5.74, 6) is 2.43. The Morgan fingerprint density at radius 1 is 0.955 bits per heavy atom. The van der Waals surface area contributed by atoms with Crippen molar-refractivity contribution in [2.24, 2.45) is 18.9 Å². The van der Waals surface area contributed by atoms with Gasteiger partial charge in [-0.1, -0.05) is 74.0 Å². The Balaban J connectivity index is 1.26. The number of carbonyl (C=O) groups is 1. The number of carbonyl (C=O) groups excluding carboxylic acids is 1. The van der Waals surface area contributed by atoms with Gasteiger partial charge in [-0.15, -0.1) is 0 Å². The number of nitrogens with one attached hydrogen (secondary N) is 1. The first-order valence-electron chi connectivity index (χ1n) is 15.9. The van der Waals surface area contributed by atoms with Crippen LogP contribution in [-0.4, -0.2) is 16.5 Å². The molecular weight excluding hydrogens is 542 g/mol. The van der Waals surface area contributed by atoms with Gasteiger partial charge in [0.15, 0.2) is 0 Å². The molecule has 8 rings (SSSR count). The maximum atomic E-state index is 13.5. The SMILES string of the molecule is CC1CCC2C(C1)c1c(c3ccccc3c3c1nc1ccc(C(=O)NCc4cccc5ccccc45)cc1[n+]3C)OC2(C)C. The van der Waals surface area contributed by atoms with Gasteiger partial charge in [-0.25, -0.2) is 4.98 Å². The molecule has 44 heavy (non-hydrogen) atoms. The van der Waals surface area contributed by atoms with Crippen molar-refractivity contribution >= 4 is 49.5 Å². The van der Waals surface area contributed by atoms with Gasteiger partial charge in [0.05, 0.1) is 5.39 Å². The molecule has 1 aliphatic heterocycles. The summed E-state index contributed by atoms with van der Waals surface area (Å²) in [6, 6.07) is 29.0. The lowest BCUT2D eigenvalue weighted by atomic mass is 9.64. The van der Waals surface area contributed by atoms with Crippen molar-refractivity contribution in [1.29, 1.82) is 0 Å². The fourth-order valence-corrected chi connectivity index (χ4v) is 8.17. The highest BCUT2D eigenvalue weighted by Gasteiger charge is 2.48. The molecule has 1 fully saturated rings. The number of amides is 1. The lowest BCUT2D eigenvalue weighted by molar-refractivity contribution is -0.617. The average Bonchev–Trinajstić information content (AvgIpc) is 3.03. The van der Waals surface area contributed by atoms with Crippen molar-refractivity contribution in [3.05, 3.63) is 102 Å². The molecule has 220 valence electrons. The smallest absolute Gasteiger partial charge is 0.251 e. The van der Waals surface area contributed by atoms with Crippen molar-refractivity contribution in [1.82, 2.24) is 10.3 Å². The van der Waals surface area contributed by atoms with Crippen LogP contribution in [0.25, 0.3) is 43.6 Å². The van der Waals surface area contributed by atoms with Crippen LogP contribution in [0.3, 0.4) is 0 Å². The number of aromatic nitrogens is 2. The summed E-state index contributed by atoms with van der Waals surface area (Å²) in [5, 5.41) is 7.76. The highest BCUT2D eigenvalue weighted by Crippen LogP contribution is 2.56. The fourth-order valence-electron chi connectivity index (χ4n) is 8.17. The highest BCUT2D eigenvalue weighted by molar-refractivity contribution is 6.09. The van der Waals surface area contributed by atoms with Crippen LogP contribution in [0.5, 0.6) is 5.75 Å². The summed E-state index contributed by atoms with van der Waals surface area (Å²) < 4.78 is 9.17. The molecule has 2 heterocycles. The van der Waals surface area contributed by atoms with E-state index in [4.69, 9.17) is 9.72 Å². The van der Waals surface area contributed by atoms with Crippen LogP contribution in [0.1, 0.15) is 67.4 Å². The summed E-state index contributed by atoms with van der Waals surface area (Å²) >= 11 is 0. The van der Waals surface area contributed by atoms with E-state index < -0.39 is 0 Å². The zero-order valence-electron chi connectivity index (χ0n) is 25.9. The normalized spacial score (nSPS) is 20.8. The highest BCUT2D eigenvalue weighted by atomic mass is 16.5. The van der Waals surface area contributed by atoms with Gasteiger partial charge in [-0.2, -0.15) is 4.57 Å². The number of rotatable bonds is 3. The number of hydrogen-bond donors (Lipinski definition) is 1. The molecule has 1 amide bonds. The molecule has 0 radical (unpaired) electrons. The van der Waals surface area contributed by atoms with Gasteiger partial charge in [0.25, 0.3) is 5.91 Å². The minimum Gasteiger partial charge on any atom is -0.487 e. The largest absolute Gasteiger partial charge is 0.487 e. The minimum atomic E-state index is -0.235. The number of hydrogen-bond acceptors (Lipinski definition) is 3. The summed E-state index contributed by atoms with van der Waals surface area (Å²) in [6.07, 6.45) is 3.56. The van der Waals surface area contributed by atoms with Gasteiger partial charge in [-0.3, -0.25) is 4.79 Å². The maximum Gasteiger partial charge on any atom is 0.251 e. The minimum absolute atomic E-state index is 0.0927. The van der Waals surface area contributed by atoms with E-state index in [1.807, 2.05) is 36.4 Å². The molecule has 5 aromatic carbocycles. The van der Waals surface area contributed by atoms with Crippen LogP contribution in [0.2, 0.25) is 0 Å². The standard InChI is InChI=1S/C39H37N3O2/c1-23-16-18-31-30(20-23)34-35-36(28-14-7-8-15-29(28)37(34)44-39(31,2)3)42(4)33-21-25(17-19-32(33)41-35)38(43)40-22-26-12-9-11-24-10-5-6-13-27(24)26/h5-15,17,19,21,23,30-31H,16,18,20,22H2,1-4H3/p+1. The van der Waals surface area contributed by atoms with Crippen molar-refractivity contribution in [3.8, 4) is 5.75 Å². The topological polar surface area (TPSA) is 55.1 Å². The van der Waals surface area contributed by atoms with Crippen LogP contribution < -0.4 is 14.6 Å². The third-order valence-electron chi connectivity index (χ3n) is 10.4. The predicted octanol–water partition coefficient (Wildman–Crippen LogP) is 8.14. The molecule has 5 heteroatoms. The number of fused-ring (bicyclic) bond motifs is 10. The zero-order valence-corrected chi connectivity index (χ0v) is 25.9. The van der Waals surface area contributed by atoms with Gasteiger partial charge < -0.3 is 10.1 Å². The number of ether oxygens (including phenoxy) is 1. The van der Waals surface area contributed by atoms with Crippen molar-refractivity contribution < 1.29 is 14.1 Å². The second-order valence-corrected chi connectivity index (χ2v) is 13.5. The van der Waals surface area contributed by atoms with Crippen LogP contribution in [0, 0.1) is 11.8 Å². The van der Waals surface area contributed by atoms with Gasteiger partial charge >= 0.3 is 0 Å². The number of nitrogens with zero attached hydrogens (tertiary/aromatic N) is 2. The van der Waals surface area contributed by atoms with E-state index in [1.165, 1.54) is 23.8 Å². The second kappa shape index (κ2) is 10.0. The van der Waals surface area contributed by atoms with Crippen LogP contribution in [0.4, 0.5) is 0 Å². The van der Waals surface area contributed by atoms with Crippen LogP contribution in [-0.2, 0) is 13.6 Å². The Bertz CT molecular complexity index is 2130. The lowest BCUT2D eigenvalue weighted by Gasteiger charge is -2.49. The molecule has 6 aromatic rings. The molecule has 1 saturated carbocycles. The lowest BCUT2D eigenvalue weighted by Crippen LogP contribution is -2.47. The van der Waals surface area contributed by atoms with E-state index in [-0.39, 0.29) is 11.5 Å². The molecule has 2 aliphatic rings. The van der Waals surface area contributed by atoms with E-state index >= 15 is 0 Å².